The van der Waals surface area contributed by atoms with Gasteiger partial charge < -0.3 is 4.57 Å². The number of aryl methyl sites for hydroxylation is 2. The van der Waals surface area contributed by atoms with Crippen molar-refractivity contribution in [2.24, 2.45) is 7.05 Å². The second kappa shape index (κ2) is 5.48. The van der Waals surface area contributed by atoms with Gasteiger partial charge in [-0.2, -0.15) is 0 Å². The molecule has 108 valence electrons. The van der Waals surface area contributed by atoms with Crippen molar-refractivity contribution in [3.8, 4) is 11.4 Å². The van der Waals surface area contributed by atoms with Crippen molar-refractivity contribution < 1.29 is 0 Å². The van der Waals surface area contributed by atoms with Crippen molar-refractivity contribution in [3.05, 3.63) is 36.3 Å². The zero-order valence-corrected chi connectivity index (χ0v) is 13.5. The first-order valence-electron chi connectivity index (χ1n) is 6.96. The molecule has 3 aromatic heterocycles. The summed E-state index contributed by atoms with van der Waals surface area (Å²) < 4.78 is 2.05. The Morgan fingerprint density at radius 3 is 2.81 bits per heavy atom. The van der Waals surface area contributed by atoms with Crippen molar-refractivity contribution in [1.82, 2.24) is 19.5 Å². The maximum Gasteiger partial charge on any atom is 0.160 e. The van der Waals surface area contributed by atoms with Crippen LogP contribution in [-0.2, 0) is 7.05 Å². The van der Waals surface area contributed by atoms with Gasteiger partial charge in [-0.15, -0.1) is 11.8 Å². The SMILES string of the molecule is Cc1cnc2c(c1)nc(-c1ccncc1SC(C)C)n2C. The molecule has 0 bridgehead atoms. The quantitative estimate of drug-likeness (QED) is 0.689. The zero-order chi connectivity index (χ0) is 15.0. The van der Waals surface area contributed by atoms with Crippen LogP contribution in [0.2, 0.25) is 0 Å². The molecule has 0 fully saturated rings. The summed E-state index contributed by atoms with van der Waals surface area (Å²) in [4.78, 5) is 14.7. The maximum atomic E-state index is 4.77. The lowest BCUT2D eigenvalue weighted by Gasteiger charge is -2.10. The van der Waals surface area contributed by atoms with Gasteiger partial charge in [0, 0.05) is 41.3 Å². The van der Waals surface area contributed by atoms with Crippen LogP contribution in [0, 0.1) is 6.92 Å². The van der Waals surface area contributed by atoms with E-state index in [9.17, 15) is 0 Å². The lowest BCUT2D eigenvalue weighted by Crippen LogP contribution is -1.97. The molecule has 0 N–H and O–H groups in total. The molecule has 0 aliphatic carbocycles. The number of aromatic nitrogens is 4. The molecule has 0 saturated heterocycles. The fraction of sp³-hybridized carbons (Fsp3) is 0.312. The number of nitrogens with zero attached hydrogens (tertiary/aromatic N) is 4. The lowest BCUT2D eigenvalue weighted by atomic mass is 10.2. The number of hydrogen-bond acceptors (Lipinski definition) is 4. The van der Waals surface area contributed by atoms with Crippen LogP contribution in [0.5, 0.6) is 0 Å². The summed E-state index contributed by atoms with van der Waals surface area (Å²) in [7, 11) is 2.01. The predicted octanol–water partition coefficient (Wildman–Crippen LogP) is 3.84. The van der Waals surface area contributed by atoms with Crippen LogP contribution in [0.4, 0.5) is 0 Å². The highest BCUT2D eigenvalue weighted by Gasteiger charge is 2.15. The minimum absolute atomic E-state index is 0.503. The number of imidazole rings is 1. The lowest BCUT2D eigenvalue weighted by molar-refractivity contribution is 0.935. The molecule has 5 heteroatoms. The van der Waals surface area contributed by atoms with Crippen LogP contribution in [0.3, 0.4) is 0 Å². The minimum atomic E-state index is 0.503. The van der Waals surface area contributed by atoms with E-state index in [0.717, 1.165) is 33.0 Å². The number of thioether (sulfide) groups is 1. The van der Waals surface area contributed by atoms with Crippen LogP contribution in [-0.4, -0.2) is 24.8 Å². The zero-order valence-electron chi connectivity index (χ0n) is 12.7. The van der Waals surface area contributed by atoms with Crippen molar-refractivity contribution in [3.63, 3.8) is 0 Å². The van der Waals surface area contributed by atoms with E-state index in [-0.39, 0.29) is 0 Å². The first kappa shape index (κ1) is 14.1. The van der Waals surface area contributed by atoms with E-state index >= 15 is 0 Å². The Kier molecular flexibility index (Phi) is 3.68. The Morgan fingerprint density at radius 2 is 2.05 bits per heavy atom. The van der Waals surface area contributed by atoms with E-state index in [1.54, 1.807) is 11.8 Å². The molecular weight excluding hydrogens is 280 g/mol. The van der Waals surface area contributed by atoms with Gasteiger partial charge >= 0.3 is 0 Å². The summed E-state index contributed by atoms with van der Waals surface area (Å²) in [5.41, 5.74) is 4.08. The largest absolute Gasteiger partial charge is 0.312 e. The molecule has 0 aliphatic rings. The highest BCUT2D eigenvalue weighted by Crippen LogP contribution is 2.33. The molecule has 0 aliphatic heterocycles. The van der Waals surface area contributed by atoms with E-state index < -0.39 is 0 Å². The average molecular weight is 298 g/mol. The fourth-order valence-electron chi connectivity index (χ4n) is 2.33. The first-order chi connectivity index (χ1) is 10.1. The molecule has 0 radical (unpaired) electrons. The Bertz CT molecular complexity index is 792. The van der Waals surface area contributed by atoms with E-state index in [1.807, 2.05) is 38.6 Å². The average Bonchev–Trinajstić information content (AvgIpc) is 2.75. The Labute approximate surface area is 128 Å². The summed E-state index contributed by atoms with van der Waals surface area (Å²) in [6.45, 7) is 6.40. The van der Waals surface area contributed by atoms with Gasteiger partial charge in [-0.05, 0) is 24.6 Å². The van der Waals surface area contributed by atoms with Crippen molar-refractivity contribution in [2.45, 2.75) is 30.9 Å². The highest BCUT2D eigenvalue weighted by molar-refractivity contribution is 8.00. The number of fused-ring (bicyclic) bond motifs is 1. The summed E-state index contributed by atoms with van der Waals surface area (Å²) in [5, 5.41) is 0.503. The van der Waals surface area contributed by atoms with Gasteiger partial charge in [0.05, 0.1) is 0 Å². The monoisotopic (exact) mass is 298 g/mol. The number of rotatable bonds is 3. The van der Waals surface area contributed by atoms with Crippen molar-refractivity contribution >= 4 is 22.9 Å². The highest BCUT2D eigenvalue weighted by atomic mass is 32.2. The van der Waals surface area contributed by atoms with Gasteiger partial charge in [0.1, 0.15) is 11.3 Å². The predicted molar refractivity (Wildman–Crippen MR) is 87.5 cm³/mol. The fourth-order valence-corrected chi connectivity index (χ4v) is 3.25. The number of hydrogen-bond donors (Lipinski definition) is 0. The van der Waals surface area contributed by atoms with Gasteiger partial charge in [-0.25, -0.2) is 9.97 Å². The van der Waals surface area contributed by atoms with Crippen molar-refractivity contribution in [2.75, 3.05) is 0 Å². The molecule has 21 heavy (non-hydrogen) atoms. The second-order valence-corrected chi connectivity index (χ2v) is 7.01. The van der Waals surface area contributed by atoms with Crippen LogP contribution in [0.25, 0.3) is 22.6 Å². The Balaban J connectivity index is 2.19. The molecule has 0 aromatic carbocycles. The van der Waals surface area contributed by atoms with E-state index in [2.05, 4.69) is 34.4 Å². The third kappa shape index (κ3) is 2.65. The van der Waals surface area contributed by atoms with E-state index in [0.29, 0.717) is 5.25 Å². The normalized spacial score (nSPS) is 11.5. The van der Waals surface area contributed by atoms with Crippen LogP contribution in [0.1, 0.15) is 19.4 Å². The molecule has 0 saturated carbocycles. The summed E-state index contributed by atoms with van der Waals surface area (Å²) in [6.07, 6.45) is 5.61. The van der Waals surface area contributed by atoms with Gasteiger partial charge in [-0.1, -0.05) is 13.8 Å². The summed E-state index contributed by atoms with van der Waals surface area (Å²) >= 11 is 1.81. The van der Waals surface area contributed by atoms with Crippen LogP contribution < -0.4 is 0 Å². The summed E-state index contributed by atoms with van der Waals surface area (Å²) in [6, 6.07) is 4.10. The second-order valence-electron chi connectivity index (χ2n) is 5.39. The third-order valence-electron chi connectivity index (χ3n) is 3.23. The summed E-state index contributed by atoms with van der Waals surface area (Å²) in [5.74, 6) is 0.939. The van der Waals surface area contributed by atoms with Crippen molar-refractivity contribution in [1.29, 1.82) is 0 Å². The molecule has 3 aromatic rings. The first-order valence-corrected chi connectivity index (χ1v) is 7.84. The van der Waals surface area contributed by atoms with Gasteiger partial charge in [0.2, 0.25) is 0 Å². The molecular formula is C16H18N4S. The number of pyridine rings is 2. The molecule has 3 heterocycles. The van der Waals surface area contributed by atoms with Gasteiger partial charge in [-0.3, -0.25) is 4.98 Å². The minimum Gasteiger partial charge on any atom is -0.312 e. The van der Waals surface area contributed by atoms with Gasteiger partial charge in [0.25, 0.3) is 0 Å². The smallest absolute Gasteiger partial charge is 0.160 e. The molecule has 0 atom stereocenters. The molecule has 4 nitrogen and oxygen atoms in total. The van der Waals surface area contributed by atoms with Crippen LogP contribution in [0.15, 0.2) is 35.6 Å². The maximum absolute atomic E-state index is 4.77. The Morgan fingerprint density at radius 1 is 1.24 bits per heavy atom. The molecule has 3 rings (SSSR count). The van der Waals surface area contributed by atoms with Crippen LogP contribution >= 0.6 is 11.8 Å². The molecule has 0 amide bonds. The van der Waals surface area contributed by atoms with Gasteiger partial charge in [0.15, 0.2) is 5.65 Å². The van der Waals surface area contributed by atoms with E-state index in [4.69, 9.17) is 4.98 Å². The standard InChI is InChI=1S/C16H18N4S/c1-10(2)21-14-9-17-6-5-12(14)15-19-13-7-11(3)8-18-16(13)20(15)4/h5-10H,1-4H3. The Hall–Kier alpha value is -1.88. The molecule has 0 unspecified atom stereocenters. The third-order valence-corrected chi connectivity index (χ3v) is 4.28. The molecule has 0 spiro atoms. The van der Waals surface area contributed by atoms with E-state index in [1.165, 1.54) is 0 Å². The topological polar surface area (TPSA) is 43.6 Å².